The van der Waals surface area contributed by atoms with E-state index in [2.05, 4.69) is 11.8 Å². The quantitative estimate of drug-likeness (QED) is 0.0624. The second-order valence-corrected chi connectivity index (χ2v) is 9.02. The summed E-state index contributed by atoms with van der Waals surface area (Å²) in [5.41, 5.74) is 4.98. The van der Waals surface area contributed by atoms with Gasteiger partial charge in [0.15, 0.2) is 5.78 Å². The van der Waals surface area contributed by atoms with Crippen LogP contribution in [0.3, 0.4) is 0 Å². The van der Waals surface area contributed by atoms with Crippen LogP contribution in [0.25, 0.3) is 6.08 Å². The van der Waals surface area contributed by atoms with Crippen molar-refractivity contribution in [3.05, 3.63) is 173 Å². The summed E-state index contributed by atoms with van der Waals surface area (Å²) in [7, 11) is 0. The van der Waals surface area contributed by atoms with Gasteiger partial charge in [-0.2, -0.15) is 12.1 Å². The molecule has 0 fully saturated rings. The standard InChI is InChI=1S/C23H19O2.C14H9O.Fe/c24-22(20-8-4-5-9-20)17-13-19-10-14-21(15-11-19)23(25)16-12-18-6-2-1-3-7-18;15-14(13-8-4-5-9-13)11-10-12-6-2-1-3-7-12;/h1-12,14-16H,13,17H2;1-9H;/q-1;-5;. The van der Waals surface area contributed by atoms with E-state index >= 15 is 0 Å². The SMILES string of the molecule is O=C(C#Cc1ccccc1)[c-]1[cH-][cH-][cH-][cH-]1.O=C(C=Cc1ccccc1)c1ccc(CCC(=O)[c-]2cccc2)cc1.[Fe]. The number of aryl methyl sites for hydroxylation is 1. The summed E-state index contributed by atoms with van der Waals surface area (Å²) < 4.78 is 0. The molecule has 0 atom stereocenters. The first-order valence-corrected chi connectivity index (χ1v) is 13.0. The normalized spacial score (nSPS) is 9.95. The molecule has 5 rings (SSSR count). The Hall–Kier alpha value is -4.81. The molecule has 0 spiro atoms. The van der Waals surface area contributed by atoms with E-state index in [0.717, 1.165) is 22.3 Å². The van der Waals surface area contributed by atoms with Gasteiger partial charge in [-0.3, -0.25) is 10.7 Å². The molecule has 0 N–H and O–H groups in total. The Morgan fingerprint density at radius 3 is 2.00 bits per heavy atom. The van der Waals surface area contributed by atoms with Gasteiger partial charge in [0.05, 0.1) is 0 Å². The zero-order valence-electron chi connectivity index (χ0n) is 22.3. The number of carbonyl (C=O) groups is 3. The number of carbonyl (C=O) groups excluding carboxylic acids is 3. The van der Waals surface area contributed by atoms with E-state index in [1.807, 2.05) is 127 Å². The van der Waals surface area contributed by atoms with E-state index in [9.17, 15) is 14.4 Å². The average molecular weight is 576 g/mol. The van der Waals surface area contributed by atoms with Crippen molar-refractivity contribution < 1.29 is 31.5 Å². The molecule has 41 heavy (non-hydrogen) atoms. The van der Waals surface area contributed by atoms with Crippen molar-refractivity contribution in [1.29, 1.82) is 0 Å². The van der Waals surface area contributed by atoms with E-state index in [1.165, 1.54) is 0 Å². The van der Waals surface area contributed by atoms with E-state index in [4.69, 9.17) is 0 Å². The van der Waals surface area contributed by atoms with Crippen LogP contribution in [-0.4, -0.2) is 17.3 Å². The number of hydrogen-bond donors (Lipinski definition) is 0. The predicted octanol–water partition coefficient (Wildman–Crippen LogP) is 7.75. The Bertz CT molecular complexity index is 1600. The Kier molecular flexibility index (Phi) is 12.2. The van der Waals surface area contributed by atoms with Crippen molar-refractivity contribution >= 4 is 23.4 Å². The molecule has 0 aromatic heterocycles. The van der Waals surface area contributed by atoms with Gasteiger partial charge in [-0.05, 0) is 41.3 Å². The summed E-state index contributed by atoms with van der Waals surface area (Å²) in [6.45, 7) is 0. The van der Waals surface area contributed by atoms with Gasteiger partial charge < -0.3 is 51.1 Å². The minimum absolute atomic E-state index is 0. The molecule has 0 aliphatic carbocycles. The monoisotopic (exact) mass is 576 g/mol. The molecule has 208 valence electrons. The van der Waals surface area contributed by atoms with E-state index in [0.29, 0.717) is 24.0 Å². The van der Waals surface area contributed by atoms with E-state index < -0.39 is 0 Å². The maximum Gasteiger partial charge on any atom is 0.185 e. The molecule has 0 bridgehead atoms. The van der Waals surface area contributed by atoms with E-state index in [1.54, 1.807) is 18.2 Å². The third-order valence-corrected chi connectivity index (χ3v) is 6.11. The van der Waals surface area contributed by atoms with Crippen LogP contribution in [0.5, 0.6) is 0 Å². The maximum atomic E-state index is 12.2. The van der Waals surface area contributed by atoms with Gasteiger partial charge in [0.2, 0.25) is 0 Å². The molecule has 3 nitrogen and oxygen atoms in total. The first kappa shape index (κ1) is 30.7. The number of benzene rings is 3. The molecule has 5 aromatic rings. The van der Waals surface area contributed by atoms with Crippen LogP contribution in [0.4, 0.5) is 0 Å². The van der Waals surface area contributed by atoms with Crippen molar-refractivity contribution in [2.45, 2.75) is 12.8 Å². The average Bonchev–Trinajstić information content (AvgIpc) is 3.75. The van der Waals surface area contributed by atoms with Crippen LogP contribution in [-0.2, 0) is 23.5 Å². The molecule has 0 amide bonds. The number of allylic oxidation sites excluding steroid dienone is 1. The summed E-state index contributed by atoms with van der Waals surface area (Å²) in [5, 5.41) is 0. The van der Waals surface area contributed by atoms with Crippen molar-refractivity contribution in [2.24, 2.45) is 0 Å². The fourth-order valence-electron chi connectivity index (χ4n) is 3.88. The van der Waals surface area contributed by atoms with Gasteiger partial charge in [-0.15, -0.1) is 0 Å². The fraction of sp³-hybridized carbons (Fsp3) is 0.0541. The van der Waals surface area contributed by atoms with Crippen molar-refractivity contribution in [2.75, 3.05) is 0 Å². The van der Waals surface area contributed by atoms with Gasteiger partial charge in [-0.25, -0.2) is 12.1 Å². The second-order valence-electron chi connectivity index (χ2n) is 9.02. The van der Waals surface area contributed by atoms with Crippen LogP contribution in [0.15, 0.2) is 140 Å². The third kappa shape index (κ3) is 10.0. The van der Waals surface area contributed by atoms with Crippen LogP contribution in [0.2, 0.25) is 0 Å². The molecular formula is C37H28FeO3-6. The van der Waals surface area contributed by atoms with Gasteiger partial charge in [-0.1, -0.05) is 84.4 Å². The number of Topliss-reactive ketones (excluding diaryl/α,β-unsaturated/α-hetero) is 2. The molecule has 0 saturated heterocycles. The van der Waals surface area contributed by atoms with E-state index in [-0.39, 0.29) is 34.4 Å². The Morgan fingerprint density at radius 2 is 1.37 bits per heavy atom. The van der Waals surface area contributed by atoms with Crippen molar-refractivity contribution in [1.82, 2.24) is 0 Å². The second kappa shape index (κ2) is 16.3. The van der Waals surface area contributed by atoms with Gasteiger partial charge >= 0.3 is 0 Å². The minimum atomic E-state index is -0.135. The van der Waals surface area contributed by atoms with Crippen LogP contribution >= 0.6 is 0 Å². The third-order valence-electron chi connectivity index (χ3n) is 6.11. The van der Waals surface area contributed by atoms with Crippen molar-refractivity contribution in [3.63, 3.8) is 0 Å². The molecule has 0 heterocycles. The number of rotatable bonds is 8. The minimum Gasteiger partial charge on any atom is -0.641 e. The molecule has 0 aliphatic rings. The number of hydrogen-bond acceptors (Lipinski definition) is 3. The van der Waals surface area contributed by atoms with Crippen LogP contribution < -0.4 is 0 Å². The Labute approximate surface area is 251 Å². The predicted molar refractivity (Wildman–Crippen MR) is 161 cm³/mol. The zero-order chi connectivity index (χ0) is 28.0. The van der Waals surface area contributed by atoms with Gasteiger partial charge in [0, 0.05) is 29.1 Å². The smallest absolute Gasteiger partial charge is 0.185 e. The fourth-order valence-corrected chi connectivity index (χ4v) is 3.88. The molecule has 5 aromatic carbocycles. The topological polar surface area (TPSA) is 51.2 Å². The molecule has 0 radical (unpaired) electrons. The molecule has 4 heteroatoms. The largest absolute Gasteiger partial charge is 0.641 e. The molecular weight excluding hydrogens is 548 g/mol. The summed E-state index contributed by atoms with van der Waals surface area (Å²) in [6.07, 6.45) is 4.56. The summed E-state index contributed by atoms with van der Waals surface area (Å²) in [5.74, 6) is 5.43. The maximum absolute atomic E-state index is 12.2. The van der Waals surface area contributed by atoms with Crippen LogP contribution in [0, 0.1) is 11.8 Å². The Balaban J connectivity index is 0.000000248. The number of ketones is 3. The Morgan fingerprint density at radius 1 is 0.756 bits per heavy atom. The van der Waals surface area contributed by atoms with Gasteiger partial charge in [0.1, 0.15) is 5.78 Å². The first-order chi connectivity index (χ1) is 19.6. The van der Waals surface area contributed by atoms with Gasteiger partial charge in [0.25, 0.3) is 0 Å². The molecule has 0 unspecified atom stereocenters. The molecule has 0 saturated carbocycles. The zero-order valence-corrected chi connectivity index (χ0v) is 23.5. The summed E-state index contributed by atoms with van der Waals surface area (Å²) >= 11 is 0. The summed E-state index contributed by atoms with van der Waals surface area (Å²) in [6, 6.07) is 41.3. The first-order valence-electron chi connectivity index (χ1n) is 13.0. The summed E-state index contributed by atoms with van der Waals surface area (Å²) in [4.78, 5) is 35.7. The van der Waals surface area contributed by atoms with Crippen LogP contribution in [0.1, 0.15) is 54.2 Å². The van der Waals surface area contributed by atoms with Crippen molar-refractivity contribution in [3.8, 4) is 11.8 Å². The molecule has 0 aliphatic heterocycles.